The van der Waals surface area contributed by atoms with Crippen LogP contribution in [-0.4, -0.2) is 67.8 Å². The topological polar surface area (TPSA) is 48.9 Å². The van der Waals surface area contributed by atoms with Crippen LogP contribution in [-0.2, 0) is 17.5 Å². The third-order valence-electron chi connectivity index (χ3n) is 5.31. The minimum absolute atomic E-state index is 0. The van der Waals surface area contributed by atoms with Gasteiger partial charge < -0.3 is 15.4 Å². The maximum Gasteiger partial charge on any atom is 0.416 e. The summed E-state index contributed by atoms with van der Waals surface area (Å²) in [6.45, 7) is 4.63. The second kappa shape index (κ2) is 11.1. The highest BCUT2D eigenvalue weighted by Gasteiger charge is 2.40. The number of thioether (sulfide) groups is 1. The Hall–Kier alpha value is -0.720. The van der Waals surface area contributed by atoms with E-state index in [4.69, 9.17) is 4.74 Å². The zero-order valence-electron chi connectivity index (χ0n) is 16.4. The molecule has 2 aliphatic heterocycles. The van der Waals surface area contributed by atoms with Crippen molar-refractivity contribution in [3.8, 4) is 0 Å². The molecule has 1 atom stereocenters. The third-order valence-corrected chi connectivity index (χ3v) is 6.55. The lowest BCUT2D eigenvalue weighted by Crippen LogP contribution is -2.60. The molecule has 2 N–H and O–H groups in total. The number of hydrogen-bond donors (Lipinski definition) is 2. The monoisotopic (exact) mass is 544 g/mol. The molecule has 1 unspecified atom stereocenters. The van der Waals surface area contributed by atoms with Crippen molar-refractivity contribution in [2.75, 3.05) is 51.4 Å². The number of alkyl halides is 3. The van der Waals surface area contributed by atoms with Crippen molar-refractivity contribution >= 4 is 41.7 Å². The quantitative estimate of drug-likeness (QED) is 0.339. The van der Waals surface area contributed by atoms with E-state index >= 15 is 0 Å². The lowest BCUT2D eigenvalue weighted by molar-refractivity contribution is -0.137. The number of aliphatic imine (C=N–C) groups is 1. The molecule has 0 aromatic heterocycles. The molecule has 0 aliphatic carbocycles. The number of guanidine groups is 1. The first-order valence-electron chi connectivity index (χ1n) is 9.44. The predicted molar refractivity (Wildman–Crippen MR) is 122 cm³/mol. The van der Waals surface area contributed by atoms with Crippen LogP contribution in [0.1, 0.15) is 17.5 Å². The highest BCUT2D eigenvalue weighted by molar-refractivity contribution is 14.0. The fourth-order valence-electron chi connectivity index (χ4n) is 3.60. The largest absolute Gasteiger partial charge is 0.416 e. The minimum atomic E-state index is -4.31. The summed E-state index contributed by atoms with van der Waals surface area (Å²) >= 11 is 1.97. The van der Waals surface area contributed by atoms with Crippen LogP contribution >= 0.6 is 35.7 Å². The zero-order valence-corrected chi connectivity index (χ0v) is 19.6. The molecule has 2 saturated heterocycles. The molecule has 0 bridgehead atoms. The second-order valence-electron chi connectivity index (χ2n) is 7.10. The molecular weight excluding hydrogens is 516 g/mol. The number of nitrogens with zero attached hydrogens (tertiary/aromatic N) is 2. The van der Waals surface area contributed by atoms with Gasteiger partial charge >= 0.3 is 6.18 Å². The smallest absolute Gasteiger partial charge is 0.379 e. The summed E-state index contributed by atoms with van der Waals surface area (Å²) < 4.78 is 43.5. The van der Waals surface area contributed by atoms with Crippen LogP contribution < -0.4 is 10.6 Å². The summed E-state index contributed by atoms with van der Waals surface area (Å²) in [6.07, 6.45) is -3.18. The predicted octanol–water partition coefficient (Wildman–Crippen LogP) is 3.20. The van der Waals surface area contributed by atoms with Crippen molar-refractivity contribution in [3.63, 3.8) is 0 Å². The Morgan fingerprint density at radius 2 is 1.90 bits per heavy atom. The van der Waals surface area contributed by atoms with E-state index in [2.05, 4.69) is 20.5 Å². The molecule has 0 saturated carbocycles. The van der Waals surface area contributed by atoms with Crippen molar-refractivity contribution < 1.29 is 17.9 Å². The average Bonchev–Trinajstić information content (AvgIpc) is 3.19. The van der Waals surface area contributed by atoms with Gasteiger partial charge in [-0.25, -0.2) is 0 Å². The van der Waals surface area contributed by atoms with Crippen LogP contribution in [0.4, 0.5) is 13.2 Å². The number of morpholine rings is 1. The molecule has 164 valence electrons. The Bertz CT molecular complexity index is 660. The molecule has 2 aliphatic rings. The summed E-state index contributed by atoms with van der Waals surface area (Å²) in [4.78, 5) is 6.78. The lowest BCUT2D eigenvalue weighted by atomic mass is 9.95. The third kappa shape index (κ3) is 6.63. The normalized spacial score (nSPS) is 23.5. The Morgan fingerprint density at radius 3 is 2.45 bits per heavy atom. The summed E-state index contributed by atoms with van der Waals surface area (Å²) in [5.74, 6) is 2.89. The Balaban J connectivity index is 0.00000300. The van der Waals surface area contributed by atoms with Gasteiger partial charge in [0.05, 0.1) is 18.8 Å². The Morgan fingerprint density at radius 1 is 1.21 bits per heavy atom. The fraction of sp³-hybridized carbons (Fsp3) is 0.632. The molecule has 2 fully saturated rings. The Labute approximate surface area is 191 Å². The van der Waals surface area contributed by atoms with Crippen molar-refractivity contribution in [3.05, 3.63) is 35.4 Å². The van der Waals surface area contributed by atoms with E-state index in [0.29, 0.717) is 12.5 Å². The fourth-order valence-corrected chi connectivity index (χ4v) is 5.08. The summed E-state index contributed by atoms with van der Waals surface area (Å²) in [6, 6.07) is 5.20. The van der Waals surface area contributed by atoms with Gasteiger partial charge in [0.15, 0.2) is 5.96 Å². The number of benzene rings is 1. The van der Waals surface area contributed by atoms with Gasteiger partial charge in [-0.05, 0) is 29.9 Å². The van der Waals surface area contributed by atoms with Crippen LogP contribution in [0, 0.1) is 0 Å². The molecule has 2 heterocycles. The van der Waals surface area contributed by atoms with Crippen molar-refractivity contribution in [2.24, 2.45) is 4.99 Å². The van der Waals surface area contributed by atoms with E-state index in [9.17, 15) is 13.2 Å². The molecule has 29 heavy (non-hydrogen) atoms. The summed E-state index contributed by atoms with van der Waals surface area (Å²) in [5.41, 5.74) is 0.237. The van der Waals surface area contributed by atoms with E-state index in [-0.39, 0.29) is 29.5 Å². The Kier molecular flexibility index (Phi) is 9.36. The molecule has 1 aromatic rings. The molecular formula is C19H28F3IN4OS. The van der Waals surface area contributed by atoms with Crippen LogP contribution in [0.2, 0.25) is 0 Å². The molecule has 10 heteroatoms. The maximum atomic E-state index is 12.7. The number of hydrogen-bond acceptors (Lipinski definition) is 4. The van der Waals surface area contributed by atoms with Gasteiger partial charge in [0.25, 0.3) is 0 Å². The van der Waals surface area contributed by atoms with Gasteiger partial charge in [-0.3, -0.25) is 9.89 Å². The van der Waals surface area contributed by atoms with E-state index in [1.54, 1.807) is 7.05 Å². The van der Waals surface area contributed by atoms with Crippen molar-refractivity contribution in [1.82, 2.24) is 15.5 Å². The first kappa shape index (κ1) is 24.5. The molecule has 1 aromatic carbocycles. The molecule has 0 amide bonds. The SMILES string of the molecule is CN=C(NCc1ccc(C(F)(F)F)cc1)NCC1(N2CCOCC2)CCSC1.I. The van der Waals surface area contributed by atoms with Crippen LogP contribution in [0.3, 0.4) is 0 Å². The molecule has 3 rings (SSSR count). The first-order chi connectivity index (χ1) is 13.4. The number of nitrogens with one attached hydrogen (secondary N) is 2. The van der Waals surface area contributed by atoms with Crippen LogP contribution in [0.25, 0.3) is 0 Å². The highest BCUT2D eigenvalue weighted by Crippen LogP contribution is 2.33. The highest BCUT2D eigenvalue weighted by atomic mass is 127. The van der Waals surface area contributed by atoms with Crippen LogP contribution in [0.5, 0.6) is 0 Å². The maximum absolute atomic E-state index is 12.7. The van der Waals surface area contributed by atoms with E-state index in [0.717, 1.165) is 68.5 Å². The van der Waals surface area contributed by atoms with Gasteiger partial charge in [0.2, 0.25) is 0 Å². The van der Waals surface area contributed by atoms with Gasteiger partial charge in [0.1, 0.15) is 0 Å². The summed E-state index contributed by atoms with van der Waals surface area (Å²) in [7, 11) is 1.70. The molecule has 5 nitrogen and oxygen atoms in total. The lowest BCUT2D eigenvalue weighted by Gasteiger charge is -2.43. The van der Waals surface area contributed by atoms with Gasteiger partial charge in [-0.2, -0.15) is 24.9 Å². The van der Waals surface area contributed by atoms with Gasteiger partial charge in [-0.1, -0.05) is 12.1 Å². The first-order valence-corrected chi connectivity index (χ1v) is 10.6. The van der Waals surface area contributed by atoms with Gasteiger partial charge in [0, 0.05) is 44.5 Å². The molecule has 0 spiro atoms. The zero-order chi connectivity index (χ0) is 20.0. The van der Waals surface area contributed by atoms with E-state index in [1.807, 2.05) is 11.8 Å². The standard InChI is InChI=1S/C19H27F3N4OS.HI/c1-23-17(24-12-15-2-4-16(5-3-15)19(20,21)22)25-13-18(6-11-28-14-18)26-7-9-27-10-8-26;/h2-5H,6-14H2,1H3,(H2,23,24,25);1H. The van der Waals surface area contributed by atoms with Gasteiger partial charge in [-0.15, -0.1) is 24.0 Å². The van der Waals surface area contributed by atoms with Crippen LogP contribution in [0.15, 0.2) is 29.3 Å². The number of rotatable bonds is 5. The van der Waals surface area contributed by atoms with Crippen molar-refractivity contribution in [2.45, 2.75) is 24.7 Å². The second-order valence-corrected chi connectivity index (χ2v) is 8.21. The number of ether oxygens (including phenoxy) is 1. The van der Waals surface area contributed by atoms with E-state index in [1.165, 1.54) is 12.1 Å². The summed E-state index contributed by atoms with van der Waals surface area (Å²) in [5, 5.41) is 6.61. The van der Waals surface area contributed by atoms with Crippen molar-refractivity contribution in [1.29, 1.82) is 0 Å². The minimum Gasteiger partial charge on any atom is -0.379 e. The average molecular weight is 544 g/mol. The number of halogens is 4. The van der Waals surface area contributed by atoms with E-state index < -0.39 is 11.7 Å². The molecule has 0 radical (unpaired) electrons.